The number of hydrogen-bond acceptors (Lipinski definition) is 8. The van der Waals surface area contributed by atoms with Crippen molar-refractivity contribution in [3.05, 3.63) is 62.2 Å². The Hall–Kier alpha value is -3.67. The smallest absolute Gasteiger partial charge is 0.310 e. The molecule has 0 aliphatic rings. The predicted molar refractivity (Wildman–Crippen MR) is 102 cm³/mol. The van der Waals surface area contributed by atoms with Crippen LogP contribution < -0.4 is 10.5 Å². The summed E-state index contributed by atoms with van der Waals surface area (Å²) in [6.07, 6.45) is 0.529. The van der Waals surface area contributed by atoms with Crippen LogP contribution in [0.15, 0.2) is 36.4 Å². The van der Waals surface area contributed by atoms with E-state index in [1.165, 1.54) is 0 Å². The average molecular weight is 413 g/mol. The monoisotopic (exact) mass is 413 g/mol. The predicted octanol–water partition coefficient (Wildman–Crippen LogP) is 2.23. The summed E-state index contributed by atoms with van der Waals surface area (Å²) in [5, 5.41) is 33.3. The highest BCUT2D eigenvalue weighted by Gasteiger charge is 2.13. The molecule has 4 N–H and O–H groups in total. The molecule has 1 atom stereocenters. The van der Waals surface area contributed by atoms with Crippen LogP contribution in [0.2, 0.25) is 0 Å². The van der Waals surface area contributed by atoms with E-state index in [0.29, 0.717) is 13.0 Å². The van der Waals surface area contributed by atoms with Crippen molar-refractivity contribution in [1.29, 1.82) is 0 Å². The van der Waals surface area contributed by atoms with Crippen molar-refractivity contribution in [3.63, 3.8) is 0 Å². The van der Waals surface area contributed by atoms with Gasteiger partial charge in [-0.2, -0.15) is 0 Å². The fourth-order valence-electron chi connectivity index (χ4n) is 2.00. The minimum Gasteiger partial charge on any atom is -0.497 e. The van der Waals surface area contributed by atoms with Gasteiger partial charge in [-0.1, -0.05) is 24.3 Å². The molecule has 12 heteroatoms. The Morgan fingerprint density at radius 1 is 1.17 bits per heavy atom. The molecule has 160 valence electrons. The van der Waals surface area contributed by atoms with Crippen LogP contribution in [0.25, 0.3) is 10.8 Å². The van der Waals surface area contributed by atoms with Gasteiger partial charge in [0, 0.05) is 0 Å². The fraction of sp³-hybridized carbons (Fsp3) is 0.353. The van der Waals surface area contributed by atoms with E-state index in [2.05, 4.69) is 4.84 Å². The molecule has 0 aliphatic heterocycles. The van der Waals surface area contributed by atoms with Gasteiger partial charge in [0.05, 0.1) is 19.6 Å². The Labute approximate surface area is 165 Å². The number of nitrogens with two attached hydrogens (primary N) is 1. The molecule has 29 heavy (non-hydrogen) atoms. The molecule has 0 saturated carbocycles. The minimum atomic E-state index is -1.50. The normalized spacial score (nSPS) is 10.4. The Balaban J connectivity index is 0.000000547. The van der Waals surface area contributed by atoms with E-state index in [1.807, 2.05) is 36.4 Å². The van der Waals surface area contributed by atoms with E-state index in [4.69, 9.17) is 30.9 Å². The molecule has 0 unspecified atom stereocenters. The van der Waals surface area contributed by atoms with Gasteiger partial charge in [-0.15, -0.1) is 20.2 Å². The van der Waals surface area contributed by atoms with Gasteiger partial charge in [0.25, 0.3) is 10.2 Å². The largest absolute Gasteiger partial charge is 0.497 e. The molecule has 0 heterocycles. The maximum atomic E-state index is 10.9. The number of fused-ring (bicyclic) bond motifs is 1. The number of ether oxygens (including phenoxy) is 1. The molecule has 0 aliphatic carbocycles. The Morgan fingerprint density at radius 2 is 1.72 bits per heavy atom. The van der Waals surface area contributed by atoms with E-state index in [9.17, 15) is 14.9 Å². The molecule has 2 rings (SSSR count). The van der Waals surface area contributed by atoms with Crippen LogP contribution in [0, 0.1) is 20.2 Å². The molecule has 2 aromatic rings. The lowest BCUT2D eigenvalue weighted by Crippen LogP contribution is -2.07. The number of rotatable bonds is 7. The summed E-state index contributed by atoms with van der Waals surface area (Å²) >= 11 is 0. The van der Waals surface area contributed by atoms with Crippen molar-refractivity contribution in [3.8, 4) is 5.75 Å². The van der Waals surface area contributed by atoms with Gasteiger partial charge < -0.3 is 25.6 Å². The number of methoxy groups -OCH3 is 1. The van der Waals surface area contributed by atoms with Crippen LogP contribution in [0.5, 0.6) is 5.75 Å². The maximum absolute atomic E-state index is 10.9. The zero-order chi connectivity index (χ0) is 22.4. The Bertz CT molecular complexity index is 810. The van der Waals surface area contributed by atoms with Gasteiger partial charge in [0.2, 0.25) is 0 Å². The molecule has 0 aromatic heterocycles. The summed E-state index contributed by atoms with van der Waals surface area (Å²) in [6.45, 7) is 2.21. The van der Waals surface area contributed by atoms with Crippen LogP contribution in [-0.2, 0) is 9.63 Å². The molecule has 0 bridgehead atoms. The summed E-state index contributed by atoms with van der Waals surface area (Å²) in [6, 6.07) is 11.4. The van der Waals surface area contributed by atoms with Crippen LogP contribution >= 0.6 is 0 Å². The summed E-state index contributed by atoms with van der Waals surface area (Å²) in [5.74, 6) is -0.490. The van der Waals surface area contributed by atoms with E-state index in [1.54, 1.807) is 14.0 Å². The lowest BCUT2D eigenvalue weighted by molar-refractivity contribution is -0.757. The zero-order valence-corrected chi connectivity index (χ0v) is 15.9. The Kier molecular flexibility index (Phi) is 11.8. The molecule has 0 fully saturated rings. The van der Waals surface area contributed by atoms with Crippen molar-refractivity contribution in [2.45, 2.75) is 19.3 Å². The second-order valence-electron chi connectivity index (χ2n) is 5.47. The van der Waals surface area contributed by atoms with E-state index in [-0.39, 0.29) is 6.61 Å². The summed E-state index contributed by atoms with van der Waals surface area (Å²) in [5.41, 5.74) is 5.83. The van der Waals surface area contributed by atoms with Crippen LogP contribution in [-0.4, -0.2) is 46.7 Å². The van der Waals surface area contributed by atoms with E-state index >= 15 is 0 Å². The van der Waals surface area contributed by atoms with Crippen LogP contribution in [0.4, 0.5) is 0 Å². The second-order valence-corrected chi connectivity index (χ2v) is 5.47. The SMILES string of the molecule is COc1ccc2cc([C@H](C)C(=O)O)ccc2c1.NCCCO[N+](=O)[O-].O=[N+]([O-])O. The van der Waals surface area contributed by atoms with Gasteiger partial charge in [0.15, 0.2) is 0 Å². The highest BCUT2D eigenvalue weighted by molar-refractivity contribution is 5.86. The van der Waals surface area contributed by atoms with Crippen molar-refractivity contribution in [1.82, 2.24) is 0 Å². The number of benzene rings is 2. The molecule has 0 radical (unpaired) electrons. The summed E-state index contributed by atoms with van der Waals surface area (Å²) < 4.78 is 5.14. The second kappa shape index (κ2) is 13.5. The fourth-order valence-corrected chi connectivity index (χ4v) is 2.00. The van der Waals surface area contributed by atoms with Crippen LogP contribution in [0.1, 0.15) is 24.8 Å². The Morgan fingerprint density at radius 3 is 2.21 bits per heavy atom. The zero-order valence-electron chi connectivity index (χ0n) is 15.9. The lowest BCUT2D eigenvalue weighted by atomic mass is 9.98. The maximum Gasteiger partial charge on any atom is 0.310 e. The van der Waals surface area contributed by atoms with Crippen LogP contribution in [0.3, 0.4) is 0 Å². The number of carboxylic acid groups (broad SMARTS) is 1. The van der Waals surface area contributed by atoms with Gasteiger partial charge in [-0.3, -0.25) is 4.79 Å². The van der Waals surface area contributed by atoms with E-state index in [0.717, 1.165) is 22.1 Å². The first-order valence-corrected chi connectivity index (χ1v) is 8.23. The quantitative estimate of drug-likeness (QED) is 0.345. The van der Waals surface area contributed by atoms with Crippen molar-refractivity contribution >= 4 is 16.7 Å². The van der Waals surface area contributed by atoms with Crippen molar-refractivity contribution < 1.29 is 34.9 Å². The molecular weight excluding hydrogens is 390 g/mol. The number of nitrogens with zero attached hydrogens (tertiary/aromatic N) is 2. The van der Waals surface area contributed by atoms with Crippen molar-refractivity contribution in [2.75, 3.05) is 20.3 Å². The molecule has 0 saturated heterocycles. The summed E-state index contributed by atoms with van der Waals surface area (Å²) in [4.78, 5) is 32.6. The van der Waals surface area contributed by atoms with Crippen molar-refractivity contribution in [2.24, 2.45) is 5.73 Å². The molecule has 2 aromatic carbocycles. The topological polar surface area (TPSA) is 188 Å². The molecular formula is C17H23N3O9. The molecule has 12 nitrogen and oxygen atoms in total. The highest BCUT2D eigenvalue weighted by Crippen LogP contribution is 2.25. The number of carbonyl (C=O) groups is 1. The number of carboxylic acids is 1. The van der Waals surface area contributed by atoms with Gasteiger partial charge in [0.1, 0.15) is 5.75 Å². The standard InChI is InChI=1S/C14H14O3.C3H8N2O3.HNO3/c1-9(14(15)16)10-3-4-12-8-13(17-2)6-5-11(12)7-10;4-2-1-3-8-5(6)7;2-1(3)4/h3-9H,1-2H3,(H,15,16);1-4H2;(H,2,3,4)/t9-;;/m0../s1. The third kappa shape index (κ3) is 10.9. The highest BCUT2D eigenvalue weighted by atomic mass is 16.9. The average Bonchev–Trinajstić information content (AvgIpc) is 2.66. The lowest BCUT2D eigenvalue weighted by Gasteiger charge is -2.08. The third-order valence-corrected chi connectivity index (χ3v) is 3.49. The molecule has 0 amide bonds. The van der Waals surface area contributed by atoms with Gasteiger partial charge in [-0.05, 0) is 48.4 Å². The molecule has 0 spiro atoms. The number of hydrogen-bond donors (Lipinski definition) is 3. The van der Waals surface area contributed by atoms with Gasteiger partial charge in [-0.25, -0.2) is 0 Å². The van der Waals surface area contributed by atoms with Gasteiger partial charge >= 0.3 is 5.97 Å². The third-order valence-electron chi connectivity index (χ3n) is 3.49. The summed E-state index contributed by atoms with van der Waals surface area (Å²) in [7, 11) is 1.63. The first-order valence-electron chi connectivity index (χ1n) is 8.23. The first kappa shape index (κ1) is 25.3. The number of aliphatic carboxylic acids is 1. The van der Waals surface area contributed by atoms with E-state index < -0.39 is 22.1 Å². The first-order chi connectivity index (χ1) is 13.6. The minimum absolute atomic E-state index is 0.101.